The number of carboxylic acid groups (broad SMARTS) is 1. The average Bonchev–Trinajstić information content (AvgIpc) is 2.94. The van der Waals surface area contributed by atoms with E-state index in [2.05, 4.69) is 4.98 Å². The molecule has 2 heterocycles. The van der Waals surface area contributed by atoms with Gasteiger partial charge in [0.25, 0.3) is 0 Å². The zero-order valence-electron chi connectivity index (χ0n) is 9.69. The van der Waals surface area contributed by atoms with Crippen LogP contribution in [0, 0.1) is 0 Å². The lowest BCUT2D eigenvalue weighted by Gasteiger charge is -1.93. The van der Waals surface area contributed by atoms with Gasteiger partial charge in [0.1, 0.15) is 16.4 Å². The first-order valence-electron chi connectivity index (χ1n) is 5.47. The van der Waals surface area contributed by atoms with E-state index in [0.29, 0.717) is 10.6 Å². The van der Waals surface area contributed by atoms with Gasteiger partial charge in [-0.25, -0.2) is 9.78 Å². The largest absolute Gasteiger partial charge is 0.476 e. The molecule has 0 aliphatic heterocycles. The molecule has 17 heavy (non-hydrogen) atoms. The van der Waals surface area contributed by atoms with Crippen molar-refractivity contribution in [3.8, 4) is 10.6 Å². The smallest absolute Gasteiger partial charge is 0.356 e. The first-order valence-corrected chi connectivity index (χ1v) is 6.29. The van der Waals surface area contributed by atoms with Crippen LogP contribution < -0.4 is 0 Å². The maximum absolute atomic E-state index is 11.1. The van der Waals surface area contributed by atoms with Gasteiger partial charge >= 0.3 is 5.97 Å². The fourth-order valence-corrected chi connectivity index (χ4v) is 2.47. The van der Waals surface area contributed by atoms with Gasteiger partial charge in [0, 0.05) is 6.42 Å². The molecule has 0 fully saturated rings. The lowest BCUT2D eigenvalue weighted by Crippen LogP contribution is -1.98. The third-order valence-electron chi connectivity index (χ3n) is 2.41. The summed E-state index contributed by atoms with van der Waals surface area (Å²) in [5.74, 6) is 0.435. The second-order valence-corrected chi connectivity index (χ2v) is 4.65. The molecule has 1 N–H and O–H groups in total. The summed E-state index contributed by atoms with van der Waals surface area (Å²) in [4.78, 5) is 15.8. The van der Waals surface area contributed by atoms with Crippen LogP contribution in [0.1, 0.15) is 35.1 Å². The molecule has 4 nitrogen and oxygen atoms in total. The summed E-state index contributed by atoms with van der Waals surface area (Å²) in [5.41, 5.74) is 0.0869. The summed E-state index contributed by atoms with van der Waals surface area (Å²) in [6.07, 6.45) is 1.52. The zero-order chi connectivity index (χ0) is 12.4. The Morgan fingerprint density at radius 3 is 2.71 bits per heavy atom. The van der Waals surface area contributed by atoms with E-state index < -0.39 is 5.97 Å². The Hall–Kier alpha value is -1.62. The van der Waals surface area contributed by atoms with E-state index in [1.165, 1.54) is 11.3 Å². The van der Waals surface area contributed by atoms with Gasteiger partial charge in [-0.1, -0.05) is 13.8 Å². The number of carbonyl (C=O) groups is 1. The highest BCUT2D eigenvalue weighted by molar-refractivity contribution is 7.15. The molecular weight excluding hydrogens is 238 g/mol. The predicted molar refractivity (Wildman–Crippen MR) is 65.5 cm³/mol. The van der Waals surface area contributed by atoms with E-state index in [0.717, 1.165) is 23.6 Å². The third kappa shape index (κ3) is 2.24. The van der Waals surface area contributed by atoms with Crippen molar-refractivity contribution in [1.82, 2.24) is 4.98 Å². The summed E-state index contributed by atoms with van der Waals surface area (Å²) in [5, 5.41) is 9.91. The number of hydrogen-bond donors (Lipinski definition) is 1. The maximum atomic E-state index is 11.1. The molecule has 2 aromatic heterocycles. The first kappa shape index (κ1) is 11.9. The van der Waals surface area contributed by atoms with Crippen LogP contribution >= 0.6 is 11.3 Å². The van der Waals surface area contributed by atoms with Gasteiger partial charge in [-0.2, -0.15) is 0 Å². The molecule has 0 unspecified atom stereocenters. The van der Waals surface area contributed by atoms with Crippen molar-refractivity contribution in [2.75, 3.05) is 0 Å². The van der Waals surface area contributed by atoms with E-state index in [1.807, 2.05) is 19.9 Å². The number of nitrogens with zero attached hydrogens (tertiary/aromatic N) is 1. The normalized spacial score (nSPS) is 10.7. The van der Waals surface area contributed by atoms with Crippen molar-refractivity contribution in [1.29, 1.82) is 0 Å². The van der Waals surface area contributed by atoms with E-state index in [4.69, 9.17) is 9.52 Å². The standard InChI is InChI=1S/C12H13NO3S/c1-3-7-5-6-8(16-7)11-10(12(14)15)13-9(4-2)17-11/h5-6H,3-4H2,1-2H3,(H,14,15). The van der Waals surface area contributed by atoms with E-state index in [-0.39, 0.29) is 5.69 Å². The highest BCUT2D eigenvalue weighted by atomic mass is 32.1. The zero-order valence-corrected chi connectivity index (χ0v) is 10.5. The molecule has 5 heteroatoms. The molecule has 0 spiro atoms. The van der Waals surface area contributed by atoms with Gasteiger partial charge < -0.3 is 9.52 Å². The number of furan rings is 1. The van der Waals surface area contributed by atoms with Gasteiger partial charge in [0.15, 0.2) is 5.69 Å². The third-order valence-corrected chi connectivity index (χ3v) is 3.62. The van der Waals surface area contributed by atoms with Crippen molar-refractivity contribution in [3.05, 3.63) is 28.6 Å². The van der Waals surface area contributed by atoms with Crippen LogP contribution in [0.4, 0.5) is 0 Å². The maximum Gasteiger partial charge on any atom is 0.356 e. The number of aromatic carboxylic acids is 1. The van der Waals surface area contributed by atoms with E-state index in [1.54, 1.807) is 6.07 Å². The summed E-state index contributed by atoms with van der Waals surface area (Å²) in [6.45, 7) is 3.94. The Kier molecular flexibility index (Phi) is 3.28. The summed E-state index contributed by atoms with van der Waals surface area (Å²) < 4.78 is 5.57. The highest BCUT2D eigenvalue weighted by Gasteiger charge is 2.20. The highest BCUT2D eigenvalue weighted by Crippen LogP contribution is 2.32. The molecule has 0 radical (unpaired) electrons. The molecule has 0 bridgehead atoms. The quantitative estimate of drug-likeness (QED) is 0.906. The van der Waals surface area contributed by atoms with Gasteiger partial charge in [-0.3, -0.25) is 0 Å². The minimum atomic E-state index is -1.01. The minimum Gasteiger partial charge on any atom is -0.476 e. The van der Waals surface area contributed by atoms with Crippen molar-refractivity contribution < 1.29 is 14.3 Å². The van der Waals surface area contributed by atoms with Crippen LogP contribution in [-0.2, 0) is 12.8 Å². The lowest BCUT2D eigenvalue weighted by molar-refractivity contribution is 0.0691. The Morgan fingerprint density at radius 2 is 2.18 bits per heavy atom. The van der Waals surface area contributed by atoms with Crippen LogP contribution in [0.5, 0.6) is 0 Å². The van der Waals surface area contributed by atoms with Gasteiger partial charge in [0.05, 0.1) is 5.01 Å². The van der Waals surface area contributed by atoms with Crippen LogP contribution in [0.3, 0.4) is 0 Å². The van der Waals surface area contributed by atoms with Crippen molar-refractivity contribution in [3.63, 3.8) is 0 Å². The van der Waals surface area contributed by atoms with Gasteiger partial charge in [-0.15, -0.1) is 11.3 Å². The fourth-order valence-electron chi connectivity index (χ4n) is 1.52. The Balaban J connectivity index is 2.49. The summed E-state index contributed by atoms with van der Waals surface area (Å²) >= 11 is 1.38. The van der Waals surface area contributed by atoms with Crippen LogP contribution in [0.2, 0.25) is 0 Å². The predicted octanol–water partition coefficient (Wildman–Crippen LogP) is 3.23. The van der Waals surface area contributed by atoms with E-state index in [9.17, 15) is 4.79 Å². The van der Waals surface area contributed by atoms with Crippen molar-refractivity contribution in [2.24, 2.45) is 0 Å². The number of hydrogen-bond acceptors (Lipinski definition) is 4. The Labute approximate surface area is 103 Å². The summed E-state index contributed by atoms with van der Waals surface area (Å²) in [6, 6.07) is 3.67. The lowest BCUT2D eigenvalue weighted by atomic mass is 10.3. The number of aromatic nitrogens is 1. The van der Waals surface area contributed by atoms with Gasteiger partial charge in [0.2, 0.25) is 0 Å². The fraction of sp³-hybridized carbons (Fsp3) is 0.333. The number of carboxylic acids is 1. The molecule has 0 saturated carbocycles. The molecule has 0 atom stereocenters. The SMILES string of the molecule is CCc1ccc(-c2sc(CC)nc2C(=O)O)o1. The molecular formula is C12H13NO3S. The Bertz CT molecular complexity index is 542. The Morgan fingerprint density at radius 1 is 1.41 bits per heavy atom. The summed E-state index contributed by atoms with van der Waals surface area (Å²) in [7, 11) is 0. The first-order chi connectivity index (χ1) is 8.15. The molecule has 0 amide bonds. The van der Waals surface area contributed by atoms with Crippen LogP contribution in [0.25, 0.3) is 10.6 Å². The van der Waals surface area contributed by atoms with Crippen LogP contribution in [0.15, 0.2) is 16.5 Å². The topological polar surface area (TPSA) is 63.3 Å². The molecule has 2 aromatic rings. The molecule has 2 rings (SSSR count). The second kappa shape index (κ2) is 4.71. The monoisotopic (exact) mass is 251 g/mol. The minimum absolute atomic E-state index is 0.0869. The average molecular weight is 251 g/mol. The molecule has 0 saturated heterocycles. The second-order valence-electron chi connectivity index (χ2n) is 3.56. The van der Waals surface area contributed by atoms with Crippen LogP contribution in [-0.4, -0.2) is 16.1 Å². The number of thiazole rings is 1. The van der Waals surface area contributed by atoms with Crippen molar-refractivity contribution >= 4 is 17.3 Å². The molecule has 0 aliphatic rings. The molecule has 90 valence electrons. The van der Waals surface area contributed by atoms with E-state index >= 15 is 0 Å². The van der Waals surface area contributed by atoms with Gasteiger partial charge in [-0.05, 0) is 18.6 Å². The number of aryl methyl sites for hydroxylation is 2. The molecule has 0 aromatic carbocycles. The van der Waals surface area contributed by atoms with Crippen molar-refractivity contribution in [2.45, 2.75) is 26.7 Å². The number of rotatable bonds is 4. The molecule has 0 aliphatic carbocycles.